The van der Waals surface area contributed by atoms with Crippen LogP contribution in [0.4, 0.5) is 18.9 Å². The predicted octanol–water partition coefficient (Wildman–Crippen LogP) is 3.38. The van der Waals surface area contributed by atoms with E-state index in [4.69, 9.17) is 5.53 Å². The number of carbonyl (C=O) groups is 1. The van der Waals surface area contributed by atoms with Crippen LogP contribution in [-0.4, -0.2) is 18.1 Å². The Hall–Kier alpha value is -2.80. The molecule has 0 bridgehead atoms. The van der Waals surface area contributed by atoms with Crippen LogP contribution in [0.15, 0.2) is 17.4 Å². The molecular weight excluding hydrogens is 277 g/mol. The van der Waals surface area contributed by atoms with Gasteiger partial charge in [-0.05, 0) is 5.53 Å². The first-order valence-electron chi connectivity index (χ1n) is 5.10. The molecule has 1 heterocycles. The van der Waals surface area contributed by atoms with Gasteiger partial charge in [0.15, 0.2) is 17.5 Å². The van der Waals surface area contributed by atoms with E-state index < -0.39 is 34.5 Å². The van der Waals surface area contributed by atoms with Crippen LogP contribution in [0, 0.1) is 17.5 Å². The Morgan fingerprint density at radius 1 is 1.40 bits per heavy atom. The number of azide groups is 1. The zero-order valence-corrected chi connectivity index (χ0v) is 9.89. The third-order valence-electron chi connectivity index (χ3n) is 2.52. The monoisotopic (exact) mass is 282 g/mol. The van der Waals surface area contributed by atoms with Crippen molar-refractivity contribution in [3.05, 3.63) is 45.7 Å². The molecule has 0 N–H and O–H groups in total. The van der Waals surface area contributed by atoms with E-state index in [1.807, 2.05) is 0 Å². The van der Waals surface area contributed by atoms with Gasteiger partial charge in [-0.1, -0.05) is 5.11 Å². The summed E-state index contributed by atoms with van der Waals surface area (Å²) in [6, 6.07) is 0.630. The van der Waals surface area contributed by atoms with E-state index in [1.165, 1.54) is 0 Å². The molecular formula is C11H5F3N4O2. The molecule has 0 aliphatic rings. The van der Waals surface area contributed by atoms with Crippen molar-refractivity contribution in [3.63, 3.8) is 0 Å². The Labute approximate surface area is 109 Å². The Morgan fingerprint density at radius 2 is 2.10 bits per heavy atom. The summed E-state index contributed by atoms with van der Waals surface area (Å²) in [5.74, 6) is -5.75. The molecule has 0 radical (unpaired) electrons. The van der Waals surface area contributed by atoms with E-state index in [1.54, 1.807) is 0 Å². The summed E-state index contributed by atoms with van der Waals surface area (Å²) in [6.45, 7) is 0. The fraction of sp³-hybridized carbons (Fsp3) is 0.0909. The van der Waals surface area contributed by atoms with Gasteiger partial charge in [0.1, 0.15) is 0 Å². The Morgan fingerprint density at radius 3 is 2.70 bits per heavy atom. The maximum absolute atomic E-state index is 13.8. The normalized spacial score (nSPS) is 10.2. The average molecular weight is 282 g/mol. The number of ether oxygens (including phenoxy) is 1. The van der Waals surface area contributed by atoms with Gasteiger partial charge in [-0.25, -0.2) is 18.0 Å². The Balaban J connectivity index is 2.98. The number of hydrogen-bond acceptors (Lipinski definition) is 4. The molecule has 6 nitrogen and oxygen atoms in total. The molecule has 0 fully saturated rings. The highest BCUT2D eigenvalue weighted by atomic mass is 19.2. The number of methoxy groups -OCH3 is 1. The fourth-order valence-electron chi connectivity index (χ4n) is 1.65. The number of esters is 1. The Bertz CT molecular complexity index is 772. The van der Waals surface area contributed by atoms with Gasteiger partial charge in [0, 0.05) is 22.6 Å². The van der Waals surface area contributed by atoms with Gasteiger partial charge in [-0.15, -0.1) is 0 Å². The van der Waals surface area contributed by atoms with Crippen molar-refractivity contribution < 1.29 is 22.7 Å². The summed E-state index contributed by atoms with van der Waals surface area (Å²) < 4.78 is 44.6. The molecule has 0 aliphatic carbocycles. The van der Waals surface area contributed by atoms with Crippen LogP contribution in [0.3, 0.4) is 0 Å². The average Bonchev–Trinajstić information content (AvgIpc) is 2.44. The number of rotatable bonds is 2. The second-order valence-corrected chi connectivity index (χ2v) is 3.58. The number of carbonyl (C=O) groups excluding carboxylic acids is 1. The number of benzene rings is 1. The van der Waals surface area contributed by atoms with Crippen LogP contribution >= 0.6 is 0 Å². The minimum Gasteiger partial charge on any atom is -0.465 e. The first kappa shape index (κ1) is 13.6. The fourth-order valence-corrected chi connectivity index (χ4v) is 1.65. The van der Waals surface area contributed by atoms with Crippen molar-refractivity contribution >= 4 is 22.6 Å². The summed E-state index contributed by atoms with van der Waals surface area (Å²) in [4.78, 5) is 17.5. The van der Waals surface area contributed by atoms with Crippen LogP contribution in [0.5, 0.6) is 0 Å². The van der Waals surface area contributed by atoms with Gasteiger partial charge in [0.05, 0.1) is 23.9 Å². The van der Waals surface area contributed by atoms with Crippen LogP contribution in [0.1, 0.15) is 10.4 Å². The number of halogens is 3. The SMILES string of the molecule is COC(=O)c1cnc2cc(F)c(F)c(F)c2c1N=[N+]=[N-]. The predicted molar refractivity (Wildman–Crippen MR) is 61.8 cm³/mol. The van der Waals surface area contributed by atoms with Crippen molar-refractivity contribution in [1.29, 1.82) is 0 Å². The van der Waals surface area contributed by atoms with Crippen molar-refractivity contribution in [2.45, 2.75) is 0 Å². The van der Waals surface area contributed by atoms with Crippen LogP contribution in [-0.2, 0) is 4.74 Å². The van der Waals surface area contributed by atoms with Crippen LogP contribution < -0.4 is 0 Å². The van der Waals surface area contributed by atoms with E-state index in [9.17, 15) is 18.0 Å². The van der Waals surface area contributed by atoms with Gasteiger partial charge in [0.2, 0.25) is 0 Å². The standard InChI is InChI=1S/C11H5F3N4O2/c1-20-11(19)4-3-16-6-2-5(12)8(13)9(14)7(6)10(4)17-18-15/h2-3H,1H3. The van der Waals surface area contributed by atoms with E-state index in [0.717, 1.165) is 13.3 Å². The highest BCUT2D eigenvalue weighted by molar-refractivity contribution is 6.03. The molecule has 0 aliphatic heterocycles. The van der Waals surface area contributed by atoms with E-state index >= 15 is 0 Å². The molecule has 2 aromatic rings. The quantitative estimate of drug-likeness (QED) is 0.278. The minimum atomic E-state index is -1.75. The smallest absolute Gasteiger partial charge is 0.339 e. The molecule has 20 heavy (non-hydrogen) atoms. The minimum absolute atomic E-state index is 0.295. The Kier molecular flexibility index (Phi) is 3.45. The maximum atomic E-state index is 13.8. The number of pyridine rings is 1. The third-order valence-corrected chi connectivity index (χ3v) is 2.52. The zero-order chi connectivity index (χ0) is 14.9. The topological polar surface area (TPSA) is 88.0 Å². The number of fused-ring (bicyclic) bond motifs is 1. The number of hydrogen-bond donors (Lipinski definition) is 0. The van der Waals surface area contributed by atoms with Crippen LogP contribution in [0.2, 0.25) is 0 Å². The van der Waals surface area contributed by atoms with Gasteiger partial charge in [-0.3, -0.25) is 4.98 Å². The van der Waals surface area contributed by atoms with Gasteiger partial charge in [-0.2, -0.15) is 0 Å². The van der Waals surface area contributed by atoms with Crippen molar-refractivity contribution in [2.24, 2.45) is 5.11 Å². The molecule has 0 amide bonds. The molecule has 0 spiro atoms. The molecule has 1 aromatic heterocycles. The lowest BCUT2D eigenvalue weighted by Gasteiger charge is -2.08. The maximum Gasteiger partial charge on any atom is 0.339 e. The van der Waals surface area contributed by atoms with E-state index in [0.29, 0.717) is 6.07 Å². The summed E-state index contributed by atoms with van der Waals surface area (Å²) in [7, 11) is 1.05. The zero-order valence-electron chi connectivity index (χ0n) is 9.89. The second kappa shape index (κ2) is 5.06. The van der Waals surface area contributed by atoms with Gasteiger partial charge >= 0.3 is 5.97 Å². The number of aromatic nitrogens is 1. The second-order valence-electron chi connectivity index (χ2n) is 3.58. The molecule has 1 aromatic carbocycles. The first-order chi connectivity index (χ1) is 9.51. The van der Waals surface area contributed by atoms with Crippen molar-refractivity contribution in [1.82, 2.24) is 4.98 Å². The molecule has 2 rings (SSSR count). The molecule has 0 atom stereocenters. The first-order valence-corrected chi connectivity index (χ1v) is 5.10. The summed E-state index contributed by atoms with van der Waals surface area (Å²) >= 11 is 0. The lowest BCUT2D eigenvalue weighted by molar-refractivity contribution is 0.0601. The lowest BCUT2D eigenvalue weighted by Crippen LogP contribution is -2.04. The van der Waals surface area contributed by atoms with Crippen molar-refractivity contribution in [3.8, 4) is 0 Å². The molecule has 102 valence electrons. The largest absolute Gasteiger partial charge is 0.465 e. The van der Waals surface area contributed by atoms with Gasteiger partial charge in [0.25, 0.3) is 0 Å². The molecule has 0 unspecified atom stereocenters. The summed E-state index contributed by atoms with van der Waals surface area (Å²) in [5.41, 5.74) is 7.30. The van der Waals surface area contributed by atoms with Gasteiger partial charge < -0.3 is 4.74 Å². The summed E-state index contributed by atoms with van der Waals surface area (Å²) in [6.07, 6.45) is 0.926. The number of nitrogens with zero attached hydrogens (tertiary/aromatic N) is 4. The van der Waals surface area contributed by atoms with Crippen molar-refractivity contribution in [2.75, 3.05) is 7.11 Å². The third kappa shape index (κ3) is 1.99. The molecule has 0 saturated heterocycles. The molecule has 0 saturated carbocycles. The van der Waals surface area contributed by atoms with E-state index in [2.05, 4.69) is 19.7 Å². The van der Waals surface area contributed by atoms with E-state index in [-0.39, 0.29) is 11.1 Å². The highest BCUT2D eigenvalue weighted by Crippen LogP contribution is 2.33. The summed E-state index contributed by atoms with van der Waals surface area (Å²) in [5, 5.41) is 2.55. The van der Waals surface area contributed by atoms with Crippen LogP contribution in [0.25, 0.3) is 21.3 Å². The highest BCUT2D eigenvalue weighted by Gasteiger charge is 2.21. The lowest BCUT2D eigenvalue weighted by atomic mass is 10.1. The molecule has 9 heteroatoms.